The minimum Gasteiger partial charge on any atom is -0.302 e. The second-order valence-electron chi connectivity index (χ2n) is 8.28. The van der Waals surface area contributed by atoms with Gasteiger partial charge in [-0.3, -0.25) is 4.79 Å². The Bertz CT molecular complexity index is 968. The molecule has 0 radical (unpaired) electrons. The third-order valence-corrected chi connectivity index (χ3v) is 6.28. The van der Waals surface area contributed by atoms with Crippen LogP contribution in [0.15, 0.2) is 90.5 Å². The van der Waals surface area contributed by atoms with E-state index in [-0.39, 0.29) is 5.78 Å². The van der Waals surface area contributed by atoms with Crippen molar-refractivity contribution in [1.82, 2.24) is 4.90 Å². The van der Waals surface area contributed by atoms with Gasteiger partial charge in [-0.2, -0.15) is 0 Å². The largest absolute Gasteiger partial charge is 0.302 e. The average Bonchev–Trinajstić information content (AvgIpc) is 2.85. The van der Waals surface area contributed by atoms with Crippen molar-refractivity contribution in [3.05, 3.63) is 113 Å². The SMILES string of the molecule is CCc1ccc(C(=O)CCN2CCC(=C(c3ccccc3)c3ccccc3)CC2)cc1. The minimum absolute atomic E-state index is 0.248. The van der Waals surface area contributed by atoms with Gasteiger partial charge in [0.25, 0.3) is 0 Å². The zero-order chi connectivity index (χ0) is 21.5. The van der Waals surface area contributed by atoms with E-state index in [2.05, 4.69) is 84.6 Å². The molecule has 0 aliphatic carbocycles. The zero-order valence-corrected chi connectivity index (χ0v) is 18.4. The highest BCUT2D eigenvalue weighted by molar-refractivity contribution is 5.96. The number of hydrogen-bond acceptors (Lipinski definition) is 2. The van der Waals surface area contributed by atoms with Gasteiger partial charge in [0.1, 0.15) is 0 Å². The van der Waals surface area contributed by atoms with Crippen LogP contribution in [0.25, 0.3) is 5.57 Å². The first-order valence-electron chi connectivity index (χ1n) is 11.4. The predicted octanol–water partition coefficient (Wildman–Crippen LogP) is 6.42. The average molecular weight is 410 g/mol. The molecule has 0 saturated carbocycles. The molecular formula is C29H31NO. The van der Waals surface area contributed by atoms with Gasteiger partial charge in [-0.15, -0.1) is 0 Å². The summed E-state index contributed by atoms with van der Waals surface area (Å²) in [7, 11) is 0. The normalized spacial score (nSPS) is 14.4. The molecule has 1 saturated heterocycles. The molecule has 3 aromatic rings. The molecule has 1 heterocycles. The van der Waals surface area contributed by atoms with Crippen molar-refractivity contribution in [3.8, 4) is 0 Å². The van der Waals surface area contributed by atoms with E-state index in [0.29, 0.717) is 6.42 Å². The van der Waals surface area contributed by atoms with Crippen LogP contribution in [0.4, 0.5) is 0 Å². The van der Waals surface area contributed by atoms with E-state index in [1.54, 1.807) is 0 Å². The Morgan fingerprint density at radius 1 is 0.742 bits per heavy atom. The number of piperidine rings is 1. The summed E-state index contributed by atoms with van der Waals surface area (Å²) in [6, 6.07) is 29.6. The van der Waals surface area contributed by atoms with Crippen molar-refractivity contribution < 1.29 is 4.79 Å². The number of carbonyl (C=O) groups excluding carboxylic acids is 1. The number of nitrogens with zero attached hydrogens (tertiary/aromatic N) is 1. The van der Waals surface area contributed by atoms with Crippen LogP contribution in [0.3, 0.4) is 0 Å². The van der Waals surface area contributed by atoms with Gasteiger partial charge in [0.15, 0.2) is 5.78 Å². The topological polar surface area (TPSA) is 20.3 Å². The maximum absolute atomic E-state index is 12.6. The summed E-state index contributed by atoms with van der Waals surface area (Å²) in [4.78, 5) is 15.0. The zero-order valence-electron chi connectivity index (χ0n) is 18.4. The van der Waals surface area contributed by atoms with Gasteiger partial charge in [0, 0.05) is 31.6 Å². The Balaban J connectivity index is 1.41. The minimum atomic E-state index is 0.248. The molecule has 0 atom stereocenters. The van der Waals surface area contributed by atoms with Crippen molar-refractivity contribution in [2.24, 2.45) is 0 Å². The lowest BCUT2D eigenvalue weighted by molar-refractivity contribution is 0.0962. The van der Waals surface area contributed by atoms with Crippen LogP contribution in [0.5, 0.6) is 0 Å². The molecule has 0 unspecified atom stereocenters. The first-order chi connectivity index (χ1) is 15.2. The van der Waals surface area contributed by atoms with E-state index in [1.807, 2.05) is 12.1 Å². The van der Waals surface area contributed by atoms with Crippen LogP contribution < -0.4 is 0 Å². The fraction of sp³-hybridized carbons (Fsp3) is 0.276. The van der Waals surface area contributed by atoms with Crippen LogP contribution in [0.1, 0.15) is 53.2 Å². The van der Waals surface area contributed by atoms with E-state index >= 15 is 0 Å². The number of Topliss-reactive ketones (excluding diaryl/α,β-unsaturated/α-hetero) is 1. The summed E-state index contributed by atoms with van der Waals surface area (Å²) >= 11 is 0. The molecule has 158 valence electrons. The van der Waals surface area contributed by atoms with E-state index in [9.17, 15) is 4.79 Å². The molecule has 2 heteroatoms. The summed E-state index contributed by atoms with van der Waals surface area (Å²) in [6.07, 6.45) is 3.71. The van der Waals surface area contributed by atoms with Crippen LogP contribution >= 0.6 is 0 Å². The standard InChI is InChI=1S/C29H31NO/c1-2-23-13-15-24(16-14-23)28(31)19-22-30-20-17-27(18-21-30)29(25-9-5-3-6-10-25)26-11-7-4-8-12-26/h3-16H,2,17-22H2,1H3. The van der Waals surface area contributed by atoms with Crippen molar-refractivity contribution in [2.75, 3.05) is 19.6 Å². The Kier molecular flexibility index (Phi) is 7.11. The Labute approximate surface area is 186 Å². The van der Waals surface area contributed by atoms with Crippen molar-refractivity contribution in [2.45, 2.75) is 32.6 Å². The molecule has 4 rings (SSSR count). The highest BCUT2D eigenvalue weighted by atomic mass is 16.1. The maximum Gasteiger partial charge on any atom is 0.164 e. The summed E-state index contributed by atoms with van der Waals surface area (Å²) < 4.78 is 0. The number of rotatable bonds is 7. The molecule has 2 nitrogen and oxygen atoms in total. The molecule has 0 N–H and O–H groups in total. The number of benzene rings is 3. The number of ketones is 1. The smallest absolute Gasteiger partial charge is 0.164 e. The first kappa shape index (κ1) is 21.3. The van der Waals surface area contributed by atoms with E-state index in [1.165, 1.54) is 27.8 Å². The first-order valence-corrected chi connectivity index (χ1v) is 11.4. The van der Waals surface area contributed by atoms with Crippen molar-refractivity contribution in [1.29, 1.82) is 0 Å². The van der Waals surface area contributed by atoms with Crippen molar-refractivity contribution >= 4 is 11.4 Å². The summed E-state index contributed by atoms with van der Waals surface area (Å²) in [5.74, 6) is 0.248. The molecule has 1 aliphatic heterocycles. The Morgan fingerprint density at radius 2 is 1.29 bits per heavy atom. The van der Waals surface area contributed by atoms with Gasteiger partial charge >= 0.3 is 0 Å². The number of carbonyl (C=O) groups is 1. The molecule has 0 aromatic heterocycles. The van der Waals surface area contributed by atoms with Crippen molar-refractivity contribution in [3.63, 3.8) is 0 Å². The molecule has 0 amide bonds. The summed E-state index contributed by atoms with van der Waals surface area (Å²) in [5, 5.41) is 0. The summed E-state index contributed by atoms with van der Waals surface area (Å²) in [6.45, 7) is 5.01. The van der Waals surface area contributed by atoms with E-state index < -0.39 is 0 Å². The fourth-order valence-corrected chi connectivity index (χ4v) is 4.41. The van der Waals surface area contributed by atoms with E-state index in [0.717, 1.165) is 44.5 Å². The lowest BCUT2D eigenvalue weighted by Gasteiger charge is -2.30. The van der Waals surface area contributed by atoms with Crippen LogP contribution in [0, 0.1) is 0 Å². The van der Waals surface area contributed by atoms with Crippen LogP contribution in [-0.2, 0) is 6.42 Å². The fourth-order valence-electron chi connectivity index (χ4n) is 4.41. The van der Waals surface area contributed by atoms with E-state index in [4.69, 9.17) is 0 Å². The second kappa shape index (κ2) is 10.4. The van der Waals surface area contributed by atoms with Gasteiger partial charge < -0.3 is 4.90 Å². The van der Waals surface area contributed by atoms with Crippen LogP contribution in [-0.4, -0.2) is 30.3 Å². The third-order valence-electron chi connectivity index (χ3n) is 6.28. The molecule has 0 spiro atoms. The Hall–Kier alpha value is -2.97. The van der Waals surface area contributed by atoms with Crippen LogP contribution in [0.2, 0.25) is 0 Å². The molecule has 3 aromatic carbocycles. The van der Waals surface area contributed by atoms with Gasteiger partial charge in [-0.1, -0.05) is 97.4 Å². The number of hydrogen-bond donors (Lipinski definition) is 0. The van der Waals surface area contributed by atoms with Gasteiger partial charge in [0.05, 0.1) is 0 Å². The quantitative estimate of drug-likeness (QED) is 0.420. The Morgan fingerprint density at radius 3 is 1.81 bits per heavy atom. The molecule has 1 fully saturated rings. The molecule has 1 aliphatic rings. The van der Waals surface area contributed by atoms with Gasteiger partial charge in [-0.05, 0) is 41.5 Å². The third kappa shape index (κ3) is 5.39. The second-order valence-corrected chi connectivity index (χ2v) is 8.28. The lowest BCUT2D eigenvalue weighted by Crippen LogP contribution is -2.33. The van der Waals surface area contributed by atoms with Gasteiger partial charge in [0.2, 0.25) is 0 Å². The highest BCUT2D eigenvalue weighted by Gasteiger charge is 2.19. The molecular weight excluding hydrogens is 378 g/mol. The maximum atomic E-state index is 12.6. The van der Waals surface area contributed by atoms with Gasteiger partial charge in [-0.25, -0.2) is 0 Å². The number of likely N-dealkylation sites (tertiary alicyclic amines) is 1. The predicted molar refractivity (Wildman–Crippen MR) is 129 cm³/mol. The summed E-state index contributed by atoms with van der Waals surface area (Å²) in [5.41, 5.74) is 7.61. The molecule has 31 heavy (non-hydrogen) atoms. The molecule has 0 bridgehead atoms. The number of aryl methyl sites for hydroxylation is 1. The monoisotopic (exact) mass is 409 g/mol. The highest BCUT2D eigenvalue weighted by Crippen LogP contribution is 2.32. The lowest BCUT2D eigenvalue weighted by atomic mass is 9.88.